The molecule has 0 saturated heterocycles. The van der Waals surface area contributed by atoms with Crippen molar-refractivity contribution in [2.45, 2.75) is 58.9 Å². The molecule has 21 heavy (non-hydrogen) atoms. The molecular formula is C19H32N2. The molecule has 0 spiro atoms. The van der Waals surface area contributed by atoms with E-state index in [-0.39, 0.29) is 5.54 Å². The van der Waals surface area contributed by atoms with E-state index in [1.54, 1.807) is 0 Å². The molecule has 1 aliphatic carbocycles. The zero-order valence-corrected chi connectivity index (χ0v) is 14.5. The van der Waals surface area contributed by atoms with Crippen LogP contribution in [0.1, 0.15) is 52.0 Å². The van der Waals surface area contributed by atoms with Gasteiger partial charge in [-0.15, -0.1) is 0 Å². The van der Waals surface area contributed by atoms with E-state index in [1.807, 2.05) is 0 Å². The summed E-state index contributed by atoms with van der Waals surface area (Å²) in [6.45, 7) is 11.2. The van der Waals surface area contributed by atoms with Crippen molar-refractivity contribution in [1.82, 2.24) is 5.32 Å². The van der Waals surface area contributed by atoms with Crippen LogP contribution in [0.4, 0.5) is 5.69 Å². The molecule has 1 saturated carbocycles. The number of anilines is 1. The summed E-state index contributed by atoms with van der Waals surface area (Å²) < 4.78 is 0. The molecule has 1 aromatic carbocycles. The fourth-order valence-corrected chi connectivity index (χ4v) is 3.36. The highest BCUT2D eigenvalue weighted by Gasteiger charge is 2.35. The SMILES string of the molecule is Cc1ccc(N(C)CC2(CNC(C)(C)C)CCCC2)cc1. The number of nitrogens with zero attached hydrogens (tertiary/aromatic N) is 1. The lowest BCUT2D eigenvalue weighted by atomic mass is 9.84. The van der Waals surface area contributed by atoms with Gasteiger partial charge in [0, 0.05) is 36.8 Å². The first-order valence-corrected chi connectivity index (χ1v) is 8.33. The first-order valence-electron chi connectivity index (χ1n) is 8.33. The second-order valence-corrected chi connectivity index (χ2v) is 8.00. The highest BCUT2D eigenvalue weighted by molar-refractivity contribution is 5.47. The number of nitrogens with one attached hydrogen (secondary N) is 1. The Bertz CT molecular complexity index is 436. The minimum atomic E-state index is 0.206. The van der Waals surface area contributed by atoms with Crippen LogP contribution in [0.3, 0.4) is 0 Å². The number of aryl methyl sites for hydroxylation is 1. The van der Waals surface area contributed by atoms with Crippen molar-refractivity contribution in [2.24, 2.45) is 5.41 Å². The van der Waals surface area contributed by atoms with E-state index >= 15 is 0 Å². The molecule has 0 atom stereocenters. The molecule has 0 aromatic heterocycles. The Morgan fingerprint density at radius 3 is 2.19 bits per heavy atom. The Hall–Kier alpha value is -1.02. The van der Waals surface area contributed by atoms with Gasteiger partial charge in [-0.25, -0.2) is 0 Å². The monoisotopic (exact) mass is 288 g/mol. The van der Waals surface area contributed by atoms with Crippen molar-refractivity contribution in [3.63, 3.8) is 0 Å². The van der Waals surface area contributed by atoms with E-state index in [9.17, 15) is 0 Å². The van der Waals surface area contributed by atoms with Crippen molar-refractivity contribution < 1.29 is 0 Å². The van der Waals surface area contributed by atoms with Crippen LogP contribution in [-0.4, -0.2) is 25.7 Å². The van der Waals surface area contributed by atoms with Crippen LogP contribution in [0.5, 0.6) is 0 Å². The van der Waals surface area contributed by atoms with Gasteiger partial charge in [0.1, 0.15) is 0 Å². The van der Waals surface area contributed by atoms with Crippen molar-refractivity contribution in [1.29, 1.82) is 0 Å². The van der Waals surface area contributed by atoms with Crippen molar-refractivity contribution in [3.8, 4) is 0 Å². The third-order valence-electron chi connectivity index (χ3n) is 4.71. The second-order valence-electron chi connectivity index (χ2n) is 8.00. The lowest BCUT2D eigenvalue weighted by Crippen LogP contribution is -2.47. The predicted molar refractivity (Wildman–Crippen MR) is 93.1 cm³/mol. The van der Waals surface area contributed by atoms with Gasteiger partial charge in [0.2, 0.25) is 0 Å². The van der Waals surface area contributed by atoms with Crippen LogP contribution in [0.2, 0.25) is 0 Å². The highest BCUT2D eigenvalue weighted by atomic mass is 15.1. The second kappa shape index (κ2) is 6.39. The van der Waals surface area contributed by atoms with Gasteiger partial charge >= 0.3 is 0 Å². The van der Waals surface area contributed by atoms with E-state index < -0.39 is 0 Å². The van der Waals surface area contributed by atoms with E-state index in [1.165, 1.54) is 36.9 Å². The minimum Gasteiger partial charge on any atom is -0.374 e. The van der Waals surface area contributed by atoms with Crippen LogP contribution in [0, 0.1) is 12.3 Å². The molecule has 0 bridgehead atoms. The summed E-state index contributed by atoms with van der Waals surface area (Å²) in [5.74, 6) is 0. The molecule has 0 aliphatic heterocycles. The summed E-state index contributed by atoms with van der Waals surface area (Å²) in [5.41, 5.74) is 3.31. The van der Waals surface area contributed by atoms with E-state index in [4.69, 9.17) is 0 Å². The molecule has 1 aromatic rings. The zero-order chi connectivity index (χ0) is 15.5. The zero-order valence-electron chi connectivity index (χ0n) is 14.5. The molecular weight excluding hydrogens is 256 g/mol. The van der Waals surface area contributed by atoms with Gasteiger partial charge in [-0.1, -0.05) is 30.5 Å². The molecule has 1 aliphatic rings. The number of rotatable bonds is 5. The first-order chi connectivity index (χ1) is 9.80. The Balaban J connectivity index is 2.03. The molecule has 1 N–H and O–H groups in total. The largest absolute Gasteiger partial charge is 0.374 e. The standard InChI is InChI=1S/C19H32N2/c1-16-8-10-17(11-9-16)21(5)15-19(12-6-7-13-19)14-20-18(2,3)4/h8-11,20H,6-7,12-15H2,1-5H3. The molecule has 2 heteroatoms. The maximum atomic E-state index is 3.74. The van der Waals surface area contributed by atoms with Crippen LogP contribution >= 0.6 is 0 Å². The Labute approximate surface area is 130 Å². The maximum absolute atomic E-state index is 3.74. The lowest BCUT2D eigenvalue weighted by Gasteiger charge is -2.37. The number of hydrogen-bond acceptors (Lipinski definition) is 2. The van der Waals surface area contributed by atoms with E-state index in [2.05, 4.69) is 69.2 Å². The molecule has 2 nitrogen and oxygen atoms in total. The number of benzene rings is 1. The van der Waals surface area contributed by atoms with E-state index in [0.29, 0.717) is 5.41 Å². The van der Waals surface area contributed by atoms with Gasteiger partial charge in [0.15, 0.2) is 0 Å². The summed E-state index contributed by atoms with van der Waals surface area (Å²) in [6, 6.07) is 8.91. The quantitative estimate of drug-likeness (QED) is 0.865. The topological polar surface area (TPSA) is 15.3 Å². The molecule has 0 radical (unpaired) electrons. The number of hydrogen-bond donors (Lipinski definition) is 1. The Kier molecular flexibility index (Phi) is 4.98. The molecule has 2 rings (SSSR count). The highest BCUT2D eigenvalue weighted by Crippen LogP contribution is 2.39. The molecule has 0 amide bonds. The normalized spacial score (nSPS) is 18.0. The molecule has 118 valence electrons. The lowest BCUT2D eigenvalue weighted by molar-refractivity contribution is 0.252. The van der Waals surface area contributed by atoms with Crippen LogP contribution in [0.25, 0.3) is 0 Å². The average Bonchev–Trinajstić information content (AvgIpc) is 2.85. The van der Waals surface area contributed by atoms with Crippen LogP contribution in [0.15, 0.2) is 24.3 Å². The summed E-state index contributed by atoms with van der Waals surface area (Å²) >= 11 is 0. The Morgan fingerprint density at radius 1 is 1.10 bits per heavy atom. The fourth-order valence-electron chi connectivity index (χ4n) is 3.36. The molecule has 1 fully saturated rings. The van der Waals surface area contributed by atoms with Gasteiger partial charge in [-0.05, 0) is 52.7 Å². The van der Waals surface area contributed by atoms with Crippen LogP contribution < -0.4 is 10.2 Å². The first kappa shape index (κ1) is 16.4. The van der Waals surface area contributed by atoms with E-state index in [0.717, 1.165) is 13.1 Å². The van der Waals surface area contributed by atoms with Crippen molar-refractivity contribution >= 4 is 5.69 Å². The van der Waals surface area contributed by atoms with Gasteiger partial charge in [-0.3, -0.25) is 0 Å². The summed E-state index contributed by atoms with van der Waals surface area (Å²) in [6.07, 6.45) is 5.47. The molecule has 0 heterocycles. The minimum absolute atomic E-state index is 0.206. The summed E-state index contributed by atoms with van der Waals surface area (Å²) in [5, 5.41) is 3.74. The van der Waals surface area contributed by atoms with Crippen molar-refractivity contribution in [3.05, 3.63) is 29.8 Å². The van der Waals surface area contributed by atoms with Gasteiger partial charge in [0.25, 0.3) is 0 Å². The molecule has 0 unspecified atom stereocenters. The van der Waals surface area contributed by atoms with Crippen molar-refractivity contribution in [2.75, 3.05) is 25.0 Å². The van der Waals surface area contributed by atoms with Gasteiger partial charge < -0.3 is 10.2 Å². The third-order valence-corrected chi connectivity index (χ3v) is 4.71. The average molecular weight is 288 g/mol. The fraction of sp³-hybridized carbons (Fsp3) is 0.684. The smallest absolute Gasteiger partial charge is 0.0363 e. The van der Waals surface area contributed by atoms with Gasteiger partial charge in [-0.2, -0.15) is 0 Å². The van der Waals surface area contributed by atoms with Crippen LogP contribution in [-0.2, 0) is 0 Å². The summed E-state index contributed by atoms with van der Waals surface area (Å²) in [4.78, 5) is 2.44. The Morgan fingerprint density at radius 2 is 1.67 bits per heavy atom. The third kappa shape index (κ3) is 4.74. The predicted octanol–water partition coefficient (Wildman–Crippen LogP) is 4.38. The maximum Gasteiger partial charge on any atom is 0.0363 e. The van der Waals surface area contributed by atoms with Gasteiger partial charge in [0.05, 0.1) is 0 Å². The summed E-state index contributed by atoms with van der Waals surface area (Å²) in [7, 11) is 2.24.